The molecule has 0 unspecified atom stereocenters. The van der Waals surface area contributed by atoms with Crippen LogP contribution in [0.2, 0.25) is 0 Å². The highest BCUT2D eigenvalue weighted by Gasteiger charge is 2.06. The molecule has 3 aromatic rings. The minimum absolute atomic E-state index is 0.0156. The van der Waals surface area contributed by atoms with Crippen LogP contribution in [-0.4, -0.2) is 18.6 Å². The Hall–Kier alpha value is -2.59. The summed E-state index contributed by atoms with van der Waals surface area (Å²) in [6, 6.07) is 14.2. The molecule has 0 amide bonds. The fourth-order valence-electron chi connectivity index (χ4n) is 3.00. The molecule has 4 heteroatoms. The summed E-state index contributed by atoms with van der Waals surface area (Å²) < 4.78 is 5.17. The second-order valence-electron chi connectivity index (χ2n) is 6.39. The average Bonchev–Trinajstić information content (AvgIpc) is 2.63. The van der Waals surface area contributed by atoms with E-state index in [0.717, 1.165) is 40.7 Å². The second kappa shape index (κ2) is 7.53. The van der Waals surface area contributed by atoms with Crippen molar-refractivity contribution in [3.8, 4) is 5.75 Å². The number of pyridine rings is 1. The van der Waals surface area contributed by atoms with Gasteiger partial charge in [0, 0.05) is 17.5 Å². The first-order valence-electron chi connectivity index (χ1n) is 8.54. The molecule has 3 rings (SSSR count). The average molecular weight is 336 g/mol. The summed E-state index contributed by atoms with van der Waals surface area (Å²) in [5.74, 6) is 0.866. The summed E-state index contributed by atoms with van der Waals surface area (Å²) in [4.78, 5) is 15.4. The number of aromatic amines is 1. The minimum atomic E-state index is -0.0156. The molecule has 130 valence electrons. The van der Waals surface area contributed by atoms with Crippen LogP contribution in [0.3, 0.4) is 0 Å². The van der Waals surface area contributed by atoms with Crippen LogP contribution in [0.25, 0.3) is 10.9 Å². The van der Waals surface area contributed by atoms with Crippen LogP contribution in [0.4, 0.5) is 0 Å². The molecule has 0 saturated heterocycles. The van der Waals surface area contributed by atoms with Crippen molar-refractivity contribution < 1.29 is 4.74 Å². The zero-order chi connectivity index (χ0) is 17.8. The summed E-state index contributed by atoms with van der Waals surface area (Å²) in [7, 11) is 1.67. The van der Waals surface area contributed by atoms with E-state index < -0.39 is 0 Å². The molecule has 0 spiro atoms. The molecule has 0 bridgehead atoms. The predicted octanol–water partition coefficient (Wildman–Crippen LogP) is 3.49. The molecule has 0 saturated carbocycles. The van der Waals surface area contributed by atoms with Gasteiger partial charge in [-0.2, -0.15) is 0 Å². The van der Waals surface area contributed by atoms with Crippen LogP contribution >= 0.6 is 0 Å². The predicted molar refractivity (Wildman–Crippen MR) is 102 cm³/mol. The molecule has 25 heavy (non-hydrogen) atoms. The van der Waals surface area contributed by atoms with E-state index in [0.29, 0.717) is 6.54 Å². The van der Waals surface area contributed by atoms with E-state index in [9.17, 15) is 4.79 Å². The van der Waals surface area contributed by atoms with E-state index in [1.807, 2.05) is 31.2 Å². The van der Waals surface area contributed by atoms with Gasteiger partial charge in [0.15, 0.2) is 0 Å². The van der Waals surface area contributed by atoms with Crippen molar-refractivity contribution >= 4 is 10.9 Å². The Kier molecular flexibility index (Phi) is 5.19. The third-order valence-electron chi connectivity index (χ3n) is 4.59. The van der Waals surface area contributed by atoms with Crippen LogP contribution in [-0.2, 0) is 13.0 Å². The van der Waals surface area contributed by atoms with Crippen molar-refractivity contribution in [2.75, 3.05) is 13.7 Å². The van der Waals surface area contributed by atoms with Crippen molar-refractivity contribution in [3.05, 3.63) is 75.1 Å². The van der Waals surface area contributed by atoms with Crippen LogP contribution in [0.5, 0.6) is 5.75 Å². The van der Waals surface area contributed by atoms with E-state index >= 15 is 0 Å². The monoisotopic (exact) mass is 336 g/mol. The summed E-state index contributed by atoms with van der Waals surface area (Å²) in [5, 5.41) is 4.48. The number of aromatic nitrogens is 1. The number of hydrogen-bond acceptors (Lipinski definition) is 3. The zero-order valence-electron chi connectivity index (χ0n) is 15.0. The van der Waals surface area contributed by atoms with Gasteiger partial charge in [0.25, 0.3) is 5.56 Å². The van der Waals surface area contributed by atoms with E-state index in [4.69, 9.17) is 4.74 Å². The lowest BCUT2D eigenvalue weighted by atomic mass is 10.0. The van der Waals surface area contributed by atoms with Crippen LogP contribution in [0.1, 0.15) is 22.3 Å². The van der Waals surface area contributed by atoms with Gasteiger partial charge in [-0.1, -0.05) is 24.3 Å². The molecule has 1 heterocycles. The molecule has 2 N–H and O–H groups in total. The SMILES string of the molecule is COc1ccc(CCNCc2cc3c(C)ccc(C)c3[nH]c2=O)cc1. The van der Waals surface area contributed by atoms with Gasteiger partial charge in [0.2, 0.25) is 0 Å². The summed E-state index contributed by atoms with van der Waals surface area (Å²) in [6.07, 6.45) is 0.910. The second-order valence-corrected chi connectivity index (χ2v) is 6.39. The maximum atomic E-state index is 12.3. The van der Waals surface area contributed by atoms with Crippen molar-refractivity contribution in [2.45, 2.75) is 26.8 Å². The van der Waals surface area contributed by atoms with E-state index in [2.05, 4.69) is 35.4 Å². The summed E-state index contributed by atoms with van der Waals surface area (Å²) in [6.45, 7) is 5.47. The molecule has 0 aliphatic heterocycles. The van der Waals surface area contributed by atoms with Crippen molar-refractivity contribution in [2.24, 2.45) is 0 Å². The first-order valence-corrected chi connectivity index (χ1v) is 8.54. The molecule has 0 atom stereocenters. The van der Waals surface area contributed by atoms with Gasteiger partial charge in [-0.3, -0.25) is 4.79 Å². The van der Waals surface area contributed by atoms with Gasteiger partial charge in [-0.15, -0.1) is 0 Å². The Labute approximate surface area is 147 Å². The Morgan fingerprint density at radius 1 is 1.04 bits per heavy atom. The highest BCUT2D eigenvalue weighted by atomic mass is 16.5. The number of fused-ring (bicyclic) bond motifs is 1. The summed E-state index contributed by atoms with van der Waals surface area (Å²) in [5.41, 5.74) is 5.21. The number of methoxy groups -OCH3 is 1. The Bertz CT molecular complexity index is 927. The third-order valence-corrected chi connectivity index (χ3v) is 4.59. The highest BCUT2D eigenvalue weighted by Crippen LogP contribution is 2.19. The first-order chi connectivity index (χ1) is 12.1. The lowest BCUT2D eigenvalue weighted by molar-refractivity contribution is 0.414. The van der Waals surface area contributed by atoms with E-state index in [1.165, 1.54) is 11.1 Å². The van der Waals surface area contributed by atoms with Gasteiger partial charge in [-0.25, -0.2) is 0 Å². The van der Waals surface area contributed by atoms with Crippen LogP contribution in [0, 0.1) is 13.8 Å². The third kappa shape index (κ3) is 3.91. The lowest BCUT2D eigenvalue weighted by Gasteiger charge is -2.09. The molecule has 1 aromatic heterocycles. The molecular formula is C21H24N2O2. The minimum Gasteiger partial charge on any atom is -0.497 e. The Morgan fingerprint density at radius 2 is 1.76 bits per heavy atom. The van der Waals surface area contributed by atoms with Gasteiger partial charge >= 0.3 is 0 Å². The molecule has 0 fully saturated rings. The molecule has 0 aliphatic rings. The van der Waals surface area contributed by atoms with Gasteiger partial charge < -0.3 is 15.0 Å². The number of aryl methyl sites for hydroxylation is 2. The molecule has 0 aliphatic carbocycles. The fraction of sp³-hybridized carbons (Fsp3) is 0.286. The Morgan fingerprint density at radius 3 is 2.48 bits per heavy atom. The molecule has 4 nitrogen and oxygen atoms in total. The van der Waals surface area contributed by atoms with Crippen LogP contribution < -0.4 is 15.6 Å². The molecular weight excluding hydrogens is 312 g/mol. The lowest BCUT2D eigenvalue weighted by Crippen LogP contribution is -2.23. The standard InChI is InChI=1S/C21H24N2O2/c1-14-4-5-15(2)20-19(14)12-17(21(24)23-20)13-22-11-10-16-6-8-18(25-3)9-7-16/h4-9,12,22H,10-11,13H2,1-3H3,(H,23,24). The number of hydrogen-bond donors (Lipinski definition) is 2. The quantitative estimate of drug-likeness (QED) is 0.678. The summed E-state index contributed by atoms with van der Waals surface area (Å²) >= 11 is 0. The van der Waals surface area contributed by atoms with Gasteiger partial charge in [0.1, 0.15) is 5.75 Å². The van der Waals surface area contributed by atoms with Crippen molar-refractivity contribution in [1.29, 1.82) is 0 Å². The van der Waals surface area contributed by atoms with Crippen molar-refractivity contribution in [3.63, 3.8) is 0 Å². The molecule has 2 aromatic carbocycles. The maximum absolute atomic E-state index is 12.3. The largest absolute Gasteiger partial charge is 0.497 e. The van der Waals surface area contributed by atoms with E-state index in [-0.39, 0.29) is 5.56 Å². The topological polar surface area (TPSA) is 54.1 Å². The normalized spacial score (nSPS) is 11.0. The number of ether oxygens (including phenoxy) is 1. The maximum Gasteiger partial charge on any atom is 0.252 e. The number of rotatable bonds is 6. The number of benzene rings is 2. The molecule has 0 radical (unpaired) electrons. The fourth-order valence-corrected chi connectivity index (χ4v) is 3.00. The zero-order valence-corrected chi connectivity index (χ0v) is 15.0. The number of H-pyrrole nitrogens is 1. The number of nitrogens with one attached hydrogen (secondary N) is 2. The van der Waals surface area contributed by atoms with Gasteiger partial charge in [-0.05, 0) is 61.7 Å². The van der Waals surface area contributed by atoms with E-state index in [1.54, 1.807) is 7.11 Å². The van der Waals surface area contributed by atoms with Crippen molar-refractivity contribution in [1.82, 2.24) is 10.3 Å². The first kappa shape index (κ1) is 17.2. The van der Waals surface area contributed by atoms with Crippen LogP contribution in [0.15, 0.2) is 47.3 Å². The Balaban J connectivity index is 1.65. The smallest absolute Gasteiger partial charge is 0.252 e. The highest BCUT2D eigenvalue weighted by molar-refractivity contribution is 5.85. The van der Waals surface area contributed by atoms with Gasteiger partial charge in [0.05, 0.1) is 12.6 Å².